The number of rotatable bonds is 10. The van der Waals surface area contributed by atoms with Crippen molar-refractivity contribution in [3.05, 3.63) is 0 Å². The third-order valence-electron chi connectivity index (χ3n) is 2.31. The number of ether oxygens (including phenoxy) is 1. The molecule has 0 aromatic rings. The summed E-state index contributed by atoms with van der Waals surface area (Å²) < 4.78 is 16.3. The molecule has 2 nitrogen and oxygen atoms in total. The Morgan fingerprint density at radius 2 is 1.73 bits per heavy atom. The van der Waals surface area contributed by atoms with Crippen LogP contribution in [0, 0.1) is 5.92 Å². The predicted octanol–water partition coefficient (Wildman–Crippen LogP) is 2.99. The second-order valence-corrected chi connectivity index (χ2v) is 6.04. The Morgan fingerprint density at radius 1 is 1.07 bits per heavy atom. The zero-order chi connectivity index (χ0) is 11.5. The summed E-state index contributed by atoms with van der Waals surface area (Å²) in [5, 5.41) is 0. The molecule has 0 N–H and O–H groups in total. The molecule has 0 aromatic carbocycles. The monoisotopic (exact) mass is 234 g/mol. The Balaban J connectivity index is 2.96. The summed E-state index contributed by atoms with van der Waals surface area (Å²) >= 11 is 0. The molecule has 0 saturated carbocycles. The van der Waals surface area contributed by atoms with Crippen LogP contribution in [-0.4, -0.2) is 29.4 Å². The molecule has 0 fully saturated rings. The van der Waals surface area contributed by atoms with Crippen molar-refractivity contribution in [1.82, 2.24) is 0 Å². The summed E-state index contributed by atoms with van der Waals surface area (Å²) in [6.07, 6.45) is 7.57. The summed E-state index contributed by atoms with van der Waals surface area (Å²) in [7, 11) is -0.612. The van der Waals surface area contributed by atoms with E-state index in [0.717, 1.165) is 44.1 Å². The van der Waals surface area contributed by atoms with E-state index in [1.807, 2.05) is 0 Å². The van der Waals surface area contributed by atoms with Gasteiger partial charge in [-0.3, -0.25) is 4.21 Å². The lowest BCUT2D eigenvalue weighted by Gasteiger charge is -2.06. The number of hydrogen-bond acceptors (Lipinski definition) is 2. The van der Waals surface area contributed by atoms with E-state index < -0.39 is 10.8 Å². The van der Waals surface area contributed by atoms with Gasteiger partial charge in [0.05, 0.1) is 0 Å². The first-order valence-corrected chi connectivity index (χ1v) is 7.73. The summed E-state index contributed by atoms with van der Waals surface area (Å²) in [5.74, 6) is 1.60. The Kier molecular flexibility index (Phi) is 10.7. The van der Waals surface area contributed by atoms with Crippen molar-refractivity contribution in [3.63, 3.8) is 0 Å². The lowest BCUT2D eigenvalue weighted by molar-refractivity contribution is 0.120. The van der Waals surface area contributed by atoms with Crippen molar-refractivity contribution in [2.75, 3.05) is 25.2 Å². The molecule has 0 aliphatic carbocycles. The third kappa shape index (κ3) is 14.1. The SMILES string of the molecule is CC(C)CCOCCCCCCS(C)=O. The maximum absolute atomic E-state index is 10.8. The minimum atomic E-state index is -0.612. The minimum Gasteiger partial charge on any atom is -0.381 e. The molecule has 0 amide bonds. The van der Waals surface area contributed by atoms with Gasteiger partial charge in [-0.15, -0.1) is 0 Å². The van der Waals surface area contributed by atoms with E-state index in [1.165, 1.54) is 12.8 Å². The molecule has 0 rings (SSSR count). The fourth-order valence-electron chi connectivity index (χ4n) is 1.28. The highest BCUT2D eigenvalue weighted by Crippen LogP contribution is 2.03. The Hall–Kier alpha value is 0.110. The predicted molar refractivity (Wildman–Crippen MR) is 67.7 cm³/mol. The molecule has 3 heteroatoms. The molecule has 0 heterocycles. The molecule has 0 radical (unpaired) electrons. The van der Waals surface area contributed by atoms with Crippen molar-refractivity contribution in [2.24, 2.45) is 5.92 Å². The molecule has 15 heavy (non-hydrogen) atoms. The van der Waals surface area contributed by atoms with Crippen LogP contribution in [-0.2, 0) is 15.5 Å². The Morgan fingerprint density at radius 3 is 2.33 bits per heavy atom. The summed E-state index contributed by atoms with van der Waals surface area (Å²) in [6.45, 7) is 6.22. The van der Waals surface area contributed by atoms with Crippen molar-refractivity contribution in [2.45, 2.75) is 46.0 Å². The molecular formula is C12H26O2S. The maximum Gasteiger partial charge on any atom is 0.0468 e. The van der Waals surface area contributed by atoms with E-state index in [9.17, 15) is 4.21 Å². The average Bonchev–Trinajstić information content (AvgIpc) is 2.14. The van der Waals surface area contributed by atoms with Crippen molar-refractivity contribution in [3.8, 4) is 0 Å². The fraction of sp³-hybridized carbons (Fsp3) is 1.00. The topological polar surface area (TPSA) is 26.3 Å². The van der Waals surface area contributed by atoms with Crippen LogP contribution >= 0.6 is 0 Å². The quantitative estimate of drug-likeness (QED) is 0.543. The van der Waals surface area contributed by atoms with E-state index in [2.05, 4.69) is 13.8 Å². The van der Waals surface area contributed by atoms with Crippen LogP contribution in [0.5, 0.6) is 0 Å². The highest BCUT2D eigenvalue weighted by Gasteiger charge is 1.95. The summed E-state index contributed by atoms with van der Waals surface area (Å²) in [6, 6.07) is 0. The first-order valence-electron chi connectivity index (χ1n) is 6.00. The van der Waals surface area contributed by atoms with Crippen LogP contribution in [0.4, 0.5) is 0 Å². The van der Waals surface area contributed by atoms with Crippen LogP contribution < -0.4 is 0 Å². The van der Waals surface area contributed by atoms with Crippen molar-refractivity contribution in [1.29, 1.82) is 0 Å². The molecule has 1 unspecified atom stereocenters. The molecule has 1 atom stereocenters. The second kappa shape index (κ2) is 10.6. The van der Waals surface area contributed by atoms with E-state index in [-0.39, 0.29) is 0 Å². The largest absolute Gasteiger partial charge is 0.381 e. The van der Waals surface area contributed by atoms with Crippen molar-refractivity contribution >= 4 is 10.8 Å². The number of hydrogen-bond donors (Lipinski definition) is 0. The van der Waals surface area contributed by atoms with Crippen molar-refractivity contribution < 1.29 is 8.95 Å². The van der Waals surface area contributed by atoms with Gasteiger partial charge in [0.2, 0.25) is 0 Å². The van der Waals surface area contributed by atoms with Gasteiger partial charge >= 0.3 is 0 Å². The van der Waals surface area contributed by atoms with Gasteiger partial charge in [0.15, 0.2) is 0 Å². The Labute approximate surface area is 97.2 Å². The van der Waals surface area contributed by atoms with Gasteiger partial charge in [0.25, 0.3) is 0 Å². The van der Waals surface area contributed by atoms with Gasteiger partial charge in [-0.05, 0) is 25.2 Å². The first kappa shape index (κ1) is 15.1. The molecule has 0 spiro atoms. The highest BCUT2D eigenvalue weighted by atomic mass is 32.2. The lowest BCUT2D eigenvalue weighted by Crippen LogP contribution is -2.00. The van der Waals surface area contributed by atoms with Gasteiger partial charge in [0, 0.05) is 36.0 Å². The smallest absolute Gasteiger partial charge is 0.0468 e. The van der Waals surface area contributed by atoms with E-state index in [1.54, 1.807) is 6.26 Å². The second-order valence-electron chi connectivity index (χ2n) is 4.49. The highest BCUT2D eigenvalue weighted by molar-refractivity contribution is 7.84. The minimum absolute atomic E-state index is 0.612. The first-order chi connectivity index (χ1) is 7.13. The summed E-state index contributed by atoms with van der Waals surface area (Å²) in [4.78, 5) is 0. The van der Waals surface area contributed by atoms with Crippen LogP contribution in [0.15, 0.2) is 0 Å². The molecule has 0 bridgehead atoms. The molecule has 0 aliphatic heterocycles. The standard InChI is InChI=1S/C12H26O2S/c1-12(2)8-10-14-9-6-4-5-7-11-15(3)13/h12H,4-11H2,1-3H3. The van der Waals surface area contributed by atoms with E-state index in [0.29, 0.717) is 0 Å². The zero-order valence-corrected chi connectivity index (χ0v) is 11.3. The van der Waals surface area contributed by atoms with Gasteiger partial charge in [0.1, 0.15) is 0 Å². The van der Waals surface area contributed by atoms with Gasteiger partial charge in [-0.1, -0.05) is 26.7 Å². The normalized spacial score (nSPS) is 13.3. The third-order valence-corrected chi connectivity index (χ3v) is 3.17. The molecule has 92 valence electrons. The zero-order valence-electron chi connectivity index (χ0n) is 10.5. The summed E-state index contributed by atoms with van der Waals surface area (Å²) in [5.41, 5.74) is 0. The molecular weight excluding hydrogens is 208 g/mol. The van der Waals surface area contributed by atoms with Gasteiger partial charge in [-0.2, -0.15) is 0 Å². The average molecular weight is 234 g/mol. The molecule has 0 saturated heterocycles. The van der Waals surface area contributed by atoms with Crippen LogP contribution in [0.2, 0.25) is 0 Å². The van der Waals surface area contributed by atoms with E-state index >= 15 is 0 Å². The van der Waals surface area contributed by atoms with Gasteiger partial charge in [-0.25, -0.2) is 0 Å². The maximum atomic E-state index is 10.8. The van der Waals surface area contributed by atoms with Crippen LogP contribution in [0.1, 0.15) is 46.0 Å². The fourth-order valence-corrected chi connectivity index (χ4v) is 1.89. The van der Waals surface area contributed by atoms with Gasteiger partial charge < -0.3 is 4.74 Å². The molecule has 0 aliphatic rings. The van der Waals surface area contributed by atoms with E-state index in [4.69, 9.17) is 4.74 Å². The van der Waals surface area contributed by atoms with Crippen LogP contribution in [0.3, 0.4) is 0 Å². The Bertz CT molecular complexity index is 158. The molecule has 0 aromatic heterocycles. The number of unbranched alkanes of at least 4 members (excludes halogenated alkanes) is 3. The van der Waals surface area contributed by atoms with Crippen LogP contribution in [0.25, 0.3) is 0 Å². The lowest BCUT2D eigenvalue weighted by atomic mass is 10.1.